The number of fused-ring (bicyclic) bond motifs is 1. The van der Waals surface area contributed by atoms with Gasteiger partial charge in [0.2, 0.25) is 17.8 Å². The van der Waals surface area contributed by atoms with Crippen LogP contribution >= 0.6 is 23.1 Å². The van der Waals surface area contributed by atoms with Crippen LogP contribution in [-0.4, -0.2) is 125 Å². The molecule has 372 valence electrons. The molecule has 6 heterocycles. The second-order valence-corrected chi connectivity index (χ2v) is 23.1. The van der Waals surface area contributed by atoms with E-state index in [1.165, 1.54) is 6.07 Å². The van der Waals surface area contributed by atoms with Gasteiger partial charge in [0.15, 0.2) is 0 Å². The highest BCUT2D eigenvalue weighted by atomic mass is 79.9. The number of benzene rings is 4. The van der Waals surface area contributed by atoms with Crippen molar-refractivity contribution >= 4 is 86.5 Å². The van der Waals surface area contributed by atoms with Gasteiger partial charge in [0, 0.05) is 111 Å². The molecule has 4 aliphatic heterocycles. The summed E-state index contributed by atoms with van der Waals surface area (Å²) in [6, 6.07) is 20.3. The summed E-state index contributed by atoms with van der Waals surface area (Å²) in [4.78, 5) is 68.6. The highest BCUT2D eigenvalue weighted by Gasteiger charge is 2.45. The van der Waals surface area contributed by atoms with Crippen LogP contribution < -0.4 is 35.8 Å². The highest BCUT2D eigenvalue weighted by Crippen LogP contribution is 2.43. The van der Waals surface area contributed by atoms with Gasteiger partial charge in [0.25, 0.3) is 11.8 Å². The molecular formula is C52H54BrFN11O6P. The molecule has 72 heavy (non-hydrogen) atoms. The molecule has 0 spiro atoms. The van der Waals surface area contributed by atoms with Gasteiger partial charge in [-0.3, -0.25) is 39.0 Å². The SMILES string of the molecule is COc1cc(N2CCN(CC3CCN(c4ccc5c(c4)C(=O)N(C4CCC(=O)NC4=O)C5=O)CC3)CC2)c(-c2cnn(C)c2)cc1Nc1ncc(Br)c(Nc2ccc(-c3ccccc3F)cc2P(C)(C)=O)n1. The molecule has 6 aromatic rings. The molecule has 10 rings (SSSR count). The molecule has 0 radical (unpaired) electrons. The molecule has 2 aromatic heterocycles. The van der Waals surface area contributed by atoms with Crippen molar-refractivity contribution in [1.82, 2.24) is 34.9 Å². The van der Waals surface area contributed by atoms with Gasteiger partial charge >= 0.3 is 0 Å². The number of anilines is 6. The van der Waals surface area contributed by atoms with E-state index in [1.807, 2.05) is 37.6 Å². The Kier molecular flexibility index (Phi) is 13.5. The van der Waals surface area contributed by atoms with Crippen molar-refractivity contribution < 1.29 is 32.9 Å². The lowest BCUT2D eigenvalue weighted by molar-refractivity contribution is -0.136. The van der Waals surface area contributed by atoms with Gasteiger partial charge in [-0.25, -0.2) is 9.37 Å². The molecule has 3 saturated heterocycles. The average Bonchev–Trinajstić information content (AvgIpc) is 3.91. The largest absolute Gasteiger partial charge is 0.494 e. The molecule has 4 amide bonds. The minimum Gasteiger partial charge on any atom is -0.494 e. The van der Waals surface area contributed by atoms with Crippen LogP contribution in [0.4, 0.5) is 38.9 Å². The Bertz CT molecular complexity index is 3180. The summed E-state index contributed by atoms with van der Waals surface area (Å²) in [7, 11) is 0.672. The summed E-state index contributed by atoms with van der Waals surface area (Å²) in [5.74, 6) is -0.555. The van der Waals surface area contributed by atoms with Gasteiger partial charge in [-0.15, -0.1) is 0 Å². The third kappa shape index (κ3) is 9.84. The smallest absolute Gasteiger partial charge is 0.262 e. The third-order valence-electron chi connectivity index (χ3n) is 14.0. The van der Waals surface area contributed by atoms with Crippen molar-refractivity contribution in [2.75, 3.05) is 86.7 Å². The first-order valence-corrected chi connectivity index (χ1v) is 27.3. The predicted molar refractivity (Wildman–Crippen MR) is 279 cm³/mol. The fourth-order valence-electron chi connectivity index (χ4n) is 10.2. The lowest BCUT2D eigenvalue weighted by Gasteiger charge is -2.40. The van der Waals surface area contributed by atoms with Gasteiger partial charge < -0.3 is 29.7 Å². The molecule has 3 fully saturated rings. The summed E-state index contributed by atoms with van der Waals surface area (Å²) in [5.41, 5.74) is 6.64. The number of ether oxygens (including phenoxy) is 1. The molecule has 4 aromatic carbocycles. The van der Waals surface area contributed by atoms with Gasteiger partial charge in [0.1, 0.15) is 30.6 Å². The topological polar surface area (TPSA) is 187 Å². The molecule has 4 aliphatic rings. The number of aryl methyl sites for hydroxylation is 1. The number of piperazine rings is 1. The predicted octanol–water partition coefficient (Wildman–Crippen LogP) is 7.63. The molecule has 20 heteroatoms. The molecule has 1 unspecified atom stereocenters. The number of amides is 4. The maximum absolute atomic E-state index is 14.8. The summed E-state index contributed by atoms with van der Waals surface area (Å²) in [5, 5.41) is 14.0. The summed E-state index contributed by atoms with van der Waals surface area (Å²) in [6.45, 7) is 9.32. The normalized spacial score (nSPS) is 17.9. The van der Waals surface area contributed by atoms with E-state index in [1.54, 1.807) is 79.8 Å². The lowest BCUT2D eigenvalue weighted by atomic mass is 9.95. The molecule has 0 saturated carbocycles. The number of nitrogens with one attached hydrogen (secondary N) is 3. The van der Waals surface area contributed by atoms with Crippen molar-refractivity contribution in [2.24, 2.45) is 13.0 Å². The number of rotatable bonds is 13. The van der Waals surface area contributed by atoms with Gasteiger partial charge in [-0.05, 0) is 102 Å². The number of halogens is 2. The van der Waals surface area contributed by atoms with E-state index in [2.05, 4.69) is 56.7 Å². The van der Waals surface area contributed by atoms with Crippen LogP contribution in [0.3, 0.4) is 0 Å². The minimum atomic E-state index is -2.85. The number of piperidine rings is 2. The summed E-state index contributed by atoms with van der Waals surface area (Å²) < 4.78 is 36.8. The number of methoxy groups -OCH3 is 1. The Hall–Kier alpha value is -6.95. The summed E-state index contributed by atoms with van der Waals surface area (Å²) in [6.07, 6.45) is 7.63. The number of carbonyl (C=O) groups is 4. The van der Waals surface area contributed by atoms with Crippen LogP contribution in [-0.2, 0) is 21.2 Å². The Morgan fingerprint density at radius 2 is 1.57 bits per heavy atom. The van der Waals surface area contributed by atoms with E-state index in [0.717, 1.165) is 86.1 Å². The van der Waals surface area contributed by atoms with Crippen LogP contribution in [0.15, 0.2) is 95.9 Å². The number of aromatic nitrogens is 4. The fraction of sp³-hybridized carbons (Fsp3) is 0.327. The van der Waals surface area contributed by atoms with E-state index in [-0.39, 0.29) is 24.2 Å². The molecule has 3 N–H and O–H groups in total. The Labute approximate surface area is 424 Å². The van der Waals surface area contributed by atoms with Crippen molar-refractivity contribution in [2.45, 2.75) is 31.7 Å². The highest BCUT2D eigenvalue weighted by molar-refractivity contribution is 9.10. The zero-order valence-corrected chi connectivity index (χ0v) is 42.8. The molecule has 0 aliphatic carbocycles. The monoisotopic (exact) mass is 1060 g/mol. The van der Waals surface area contributed by atoms with Gasteiger partial charge in [-0.2, -0.15) is 10.1 Å². The molecule has 1 atom stereocenters. The van der Waals surface area contributed by atoms with E-state index < -0.39 is 36.8 Å². The fourth-order valence-corrected chi connectivity index (χ4v) is 11.6. The van der Waals surface area contributed by atoms with E-state index in [4.69, 9.17) is 9.72 Å². The number of hydrogen-bond acceptors (Lipinski definition) is 14. The molecule has 17 nitrogen and oxygen atoms in total. The van der Waals surface area contributed by atoms with Crippen LogP contribution in [0.5, 0.6) is 5.75 Å². The van der Waals surface area contributed by atoms with Gasteiger partial charge in [0.05, 0.1) is 40.3 Å². The molecular weight excluding hydrogens is 1000 g/mol. The number of carbonyl (C=O) groups excluding carboxylic acids is 4. The minimum absolute atomic E-state index is 0.0779. The zero-order chi connectivity index (χ0) is 50.4. The van der Waals surface area contributed by atoms with Crippen molar-refractivity contribution in [3.8, 4) is 28.0 Å². The maximum atomic E-state index is 14.8. The second-order valence-electron chi connectivity index (χ2n) is 19.1. The van der Waals surface area contributed by atoms with Crippen molar-refractivity contribution in [3.05, 3.63) is 113 Å². The standard InChI is InChI=1S/C52H54BrFN11O6P/c1-61-30-33(27-56-61)37-25-42(58-52-55-28-39(53)48(60-52)57-41-12-9-32(23-46(41)72(3,4)70)35-7-5-6-8-40(35)54)45(71-2)26-44(37)64-21-19-62(20-22-64)29-31-15-17-63(18-16-31)34-10-11-36-38(24-34)51(69)65(50(36)68)43-13-14-47(66)59-49(43)67/h5-12,23-28,30-31,43H,13-22,29H2,1-4H3,(H,59,66,67)(H2,55,57,58,60). The second kappa shape index (κ2) is 19.9. The first-order valence-electron chi connectivity index (χ1n) is 23.9. The van der Waals surface area contributed by atoms with E-state index in [9.17, 15) is 28.1 Å². The van der Waals surface area contributed by atoms with Crippen molar-refractivity contribution in [3.63, 3.8) is 0 Å². The Morgan fingerprint density at radius 1 is 0.806 bits per heavy atom. The number of imide groups is 2. The van der Waals surface area contributed by atoms with Crippen molar-refractivity contribution in [1.29, 1.82) is 0 Å². The van der Waals surface area contributed by atoms with E-state index in [0.29, 0.717) is 61.3 Å². The van der Waals surface area contributed by atoms with Crippen LogP contribution in [0.2, 0.25) is 0 Å². The zero-order valence-electron chi connectivity index (χ0n) is 40.3. The van der Waals surface area contributed by atoms with Crippen LogP contribution in [0.25, 0.3) is 22.3 Å². The summed E-state index contributed by atoms with van der Waals surface area (Å²) >= 11 is 3.59. The number of nitrogens with zero attached hydrogens (tertiary/aromatic N) is 8. The van der Waals surface area contributed by atoms with E-state index >= 15 is 0 Å². The van der Waals surface area contributed by atoms with Gasteiger partial charge in [-0.1, -0.05) is 24.3 Å². The molecule has 0 bridgehead atoms. The number of hydrogen-bond donors (Lipinski definition) is 3. The Morgan fingerprint density at radius 3 is 2.28 bits per heavy atom. The van der Waals surface area contributed by atoms with Crippen LogP contribution in [0.1, 0.15) is 46.4 Å². The average molecular weight is 1060 g/mol. The first-order chi connectivity index (χ1) is 34.6. The maximum Gasteiger partial charge on any atom is 0.262 e. The third-order valence-corrected chi connectivity index (χ3v) is 16.1. The van der Waals surface area contributed by atoms with Crippen LogP contribution in [0, 0.1) is 11.7 Å². The first kappa shape index (κ1) is 48.7. The quantitative estimate of drug-likeness (QED) is 0.0757. The lowest BCUT2D eigenvalue weighted by Crippen LogP contribution is -2.54. The Balaban J connectivity index is 0.800.